The summed E-state index contributed by atoms with van der Waals surface area (Å²) in [7, 11) is -0.972. The van der Waals surface area contributed by atoms with Crippen LogP contribution in [-0.4, -0.2) is 45.9 Å². The molecule has 9 heteroatoms. The van der Waals surface area contributed by atoms with Crippen LogP contribution >= 0.6 is 11.6 Å². The third kappa shape index (κ3) is 6.12. The standard InChI is InChI=1S/C24H23ClN2O5S/c1-26(2)23(28)17-32-24(29)19-9-6-10-22(15-19)33(30,31)27(16-18-7-4-3-5-8-18)21-13-11-20(25)12-14-21/h3-15H,16-17H2,1-2H3. The first-order valence-corrected chi connectivity index (χ1v) is 11.8. The molecule has 0 bridgehead atoms. The molecule has 0 radical (unpaired) electrons. The highest BCUT2D eigenvalue weighted by Crippen LogP contribution is 2.28. The third-order valence-corrected chi connectivity index (χ3v) is 6.79. The molecule has 0 atom stereocenters. The second kappa shape index (κ2) is 10.5. The number of hydrogen-bond acceptors (Lipinski definition) is 5. The van der Waals surface area contributed by atoms with Crippen LogP contribution in [0.5, 0.6) is 0 Å². The van der Waals surface area contributed by atoms with Crippen LogP contribution in [0.25, 0.3) is 0 Å². The van der Waals surface area contributed by atoms with Crippen LogP contribution in [0.1, 0.15) is 15.9 Å². The molecule has 0 aliphatic carbocycles. The molecule has 0 heterocycles. The molecule has 33 heavy (non-hydrogen) atoms. The van der Waals surface area contributed by atoms with Crippen LogP contribution in [0.15, 0.2) is 83.8 Å². The van der Waals surface area contributed by atoms with Gasteiger partial charge in [0.1, 0.15) is 0 Å². The molecule has 0 unspecified atom stereocenters. The Labute approximate surface area is 198 Å². The minimum atomic E-state index is -4.06. The number of nitrogens with zero attached hydrogens (tertiary/aromatic N) is 2. The maximum absolute atomic E-state index is 13.6. The first kappa shape index (κ1) is 24.3. The summed E-state index contributed by atoms with van der Waals surface area (Å²) in [6.07, 6.45) is 0. The van der Waals surface area contributed by atoms with Gasteiger partial charge >= 0.3 is 5.97 Å². The fourth-order valence-corrected chi connectivity index (χ4v) is 4.55. The lowest BCUT2D eigenvalue weighted by Gasteiger charge is -2.25. The maximum atomic E-state index is 13.6. The predicted molar refractivity (Wildman–Crippen MR) is 127 cm³/mol. The summed E-state index contributed by atoms with van der Waals surface area (Å²) < 4.78 is 33.5. The van der Waals surface area contributed by atoms with Gasteiger partial charge in [-0.3, -0.25) is 9.10 Å². The quantitative estimate of drug-likeness (QED) is 0.450. The van der Waals surface area contributed by atoms with Crippen LogP contribution < -0.4 is 4.31 Å². The van der Waals surface area contributed by atoms with E-state index in [-0.39, 0.29) is 22.9 Å². The Balaban J connectivity index is 1.94. The van der Waals surface area contributed by atoms with Crippen molar-refractivity contribution in [3.63, 3.8) is 0 Å². The Morgan fingerprint density at radius 1 is 0.909 bits per heavy atom. The molecule has 3 aromatic rings. The molecule has 0 aromatic heterocycles. The van der Waals surface area contributed by atoms with Crippen LogP contribution in [0, 0.1) is 0 Å². The number of likely N-dealkylation sites (N-methyl/N-ethyl adjacent to an activating group) is 1. The number of amides is 1. The number of carbonyl (C=O) groups excluding carboxylic acids is 2. The van der Waals surface area contributed by atoms with Crippen molar-refractivity contribution < 1.29 is 22.7 Å². The Morgan fingerprint density at radius 2 is 1.58 bits per heavy atom. The van der Waals surface area contributed by atoms with Gasteiger partial charge in [-0.05, 0) is 48.0 Å². The number of ether oxygens (including phenoxy) is 1. The molecule has 0 N–H and O–H groups in total. The number of hydrogen-bond donors (Lipinski definition) is 0. The van der Waals surface area contributed by atoms with E-state index in [1.54, 1.807) is 38.4 Å². The van der Waals surface area contributed by atoms with Gasteiger partial charge in [-0.25, -0.2) is 13.2 Å². The van der Waals surface area contributed by atoms with Crippen molar-refractivity contribution in [2.75, 3.05) is 25.0 Å². The summed E-state index contributed by atoms with van der Waals surface area (Å²) in [5.74, 6) is -1.17. The Kier molecular flexibility index (Phi) is 7.73. The van der Waals surface area contributed by atoms with Crippen molar-refractivity contribution in [3.8, 4) is 0 Å². The van der Waals surface area contributed by atoms with E-state index in [4.69, 9.17) is 16.3 Å². The number of rotatable bonds is 8. The monoisotopic (exact) mass is 486 g/mol. The van der Waals surface area contributed by atoms with Crippen molar-refractivity contribution in [2.45, 2.75) is 11.4 Å². The van der Waals surface area contributed by atoms with E-state index in [9.17, 15) is 18.0 Å². The summed E-state index contributed by atoms with van der Waals surface area (Å²) >= 11 is 5.99. The van der Waals surface area contributed by atoms with Gasteiger partial charge in [-0.1, -0.05) is 48.0 Å². The summed E-state index contributed by atoms with van der Waals surface area (Å²) in [5, 5.41) is 0.479. The molecule has 3 aromatic carbocycles. The second-order valence-corrected chi connectivity index (χ2v) is 9.66. The lowest BCUT2D eigenvalue weighted by molar-refractivity contribution is -0.131. The average molecular weight is 487 g/mol. The van der Waals surface area contributed by atoms with Gasteiger partial charge in [0.15, 0.2) is 6.61 Å². The molecule has 0 aliphatic heterocycles. The van der Waals surface area contributed by atoms with Crippen molar-refractivity contribution >= 4 is 39.2 Å². The summed E-state index contributed by atoms with van der Waals surface area (Å²) in [5.41, 5.74) is 1.24. The fraction of sp³-hybridized carbons (Fsp3) is 0.167. The molecule has 0 saturated carbocycles. The van der Waals surface area contributed by atoms with Crippen LogP contribution in [0.2, 0.25) is 5.02 Å². The Hall–Kier alpha value is -3.36. The molecule has 0 aliphatic rings. The average Bonchev–Trinajstić information content (AvgIpc) is 2.82. The van der Waals surface area contributed by atoms with Gasteiger partial charge in [0.2, 0.25) is 0 Å². The molecule has 0 fully saturated rings. The minimum Gasteiger partial charge on any atom is -0.452 e. The van der Waals surface area contributed by atoms with Crippen molar-refractivity contribution in [3.05, 3.63) is 95.0 Å². The number of benzene rings is 3. The van der Waals surface area contributed by atoms with Gasteiger partial charge in [-0.15, -0.1) is 0 Å². The zero-order chi connectivity index (χ0) is 24.0. The summed E-state index contributed by atoms with van der Waals surface area (Å²) in [4.78, 5) is 25.3. The molecule has 172 valence electrons. The number of esters is 1. The zero-order valence-corrected chi connectivity index (χ0v) is 19.7. The zero-order valence-electron chi connectivity index (χ0n) is 18.1. The lowest BCUT2D eigenvalue weighted by Crippen LogP contribution is -2.31. The number of halogens is 1. The van der Waals surface area contributed by atoms with Crippen LogP contribution in [0.4, 0.5) is 5.69 Å². The highest BCUT2D eigenvalue weighted by molar-refractivity contribution is 7.92. The normalized spacial score (nSPS) is 11.0. The Bertz CT molecular complexity index is 1230. The fourth-order valence-electron chi connectivity index (χ4n) is 2.92. The van der Waals surface area contributed by atoms with Crippen molar-refractivity contribution in [2.24, 2.45) is 0 Å². The third-order valence-electron chi connectivity index (χ3n) is 4.77. The summed E-state index contributed by atoms with van der Waals surface area (Å²) in [6, 6.07) is 21.2. The largest absolute Gasteiger partial charge is 0.452 e. The van der Waals surface area contributed by atoms with Gasteiger partial charge in [-0.2, -0.15) is 0 Å². The van der Waals surface area contributed by atoms with Crippen LogP contribution in [0.3, 0.4) is 0 Å². The first-order valence-electron chi connectivity index (χ1n) is 9.98. The number of anilines is 1. The van der Waals surface area contributed by atoms with Crippen molar-refractivity contribution in [1.29, 1.82) is 0 Å². The first-order chi connectivity index (χ1) is 15.7. The van der Waals surface area contributed by atoms with E-state index in [0.717, 1.165) is 5.56 Å². The van der Waals surface area contributed by atoms with Crippen molar-refractivity contribution in [1.82, 2.24) is 4.90 Å². The number of carbonyl (C=O) groups is 2. The van der Waals surface area contributed by atoms with Crippen LogP contribution in [-0.2, 0) is 26.1 Å². The lowest BCUT2D eigenvalue weighted by atomic mass is 10.2. The molecule has 7 nitrogen and oxygen atoms in total. The smallest absolute Gasteiger partial charge is 0.338 e. The van der Waals surface area contributed by atoms with Gasteiger partial charge in [0.05, 0.1) is 22.7 Å². The topological polar surface area (TPSA) is 84.0 Å². The van der Waals surface area contributed by atoms with Gasteiger partial charge < -0.3 is 9.64 Å². The molecule has 3 rings (SSSR count). The SMILES string of the molecule is CN(C)C(=O)COC(=O)c1cccc(S(=O)(=O)N(Cc2ccccc2)c2ccc(Cl)cc2)c1. The van der Waals surface area contributed by atoms with Gasteiger partial charge in [0.25, 0.3) is 15.9 Å². The van der Waals surface area contributed by atoms with E-state index >= 15 is 0 Å². The number of sulfonamides is 1. The van der Waals surface area contributed by atoms with E-state index in [2.05, 4.69) is 0 Å². The molecular weight excluding hydrogens is 464 g/mol. The second-order valence-electron chi connectivity index (χ2n) is 7.37. The highest BCUT2D eigenvalue weighted by Gasteiger charge is 2.26. The Morgan fingerprint density at radius 3 is 2.21 bits per heavy atom. The maximum Gasteiger partial charge on any atom is 0.338 e. The molecular formula is C24H23ClN2O5S. The van der Waals surface area contributed by atoms with Gasteiger partial charge in [0, 0.05) is 19.1 Å². The minimum absolute atomic E-state index is 0.0263. The molecule has 1 amide bonds. The molecule has 0 saturated heterocycles. The van der Waals surface area contributed by atoms with E-state index in [1.807, 2.05) is 30.3 Å². The van der Waals surface area contributed by atoms with E-state index in [1.165, 1.54) is 33.5 Å². The molecule has 0 spiro atoms. The van der Waals surface area contributed by atoms with E-state index in [0.29, 0.717) is 10.7 Å². The highest BCUT2D eigenvalue weighted by atomic mass is 35.5. The predicted octanol–water partition coefficient (Wildman–Crippen LogP) is 3.98. The summed E-state index contributed by atoms with van der Waals surface area (Å²) in [6.45, 7) is -0.357. The van der Waals surface area contributed by atoms with E-state index < -0.39 is 22.6 Å².